The van der Waals surface area contributed by atoms with E-state index in [9.17, 15) is 4.79 Å². The Bertz CT molecular complexity index is 466. The lowest BCUT2D eigenvalue weighted by Crippen LogP contribution is -2.49. The zero-order valence-electron chi connectivity index (χ0n) is 10.6. The number of halogens is 1. The average Bonchev–Trinajstić information content (AvgIpc) is 2.39. The van der Waals surface area contributed by atoms with E-state index in [1.54, 1.807) is 19.2 Å². The van der Waals surface area contributed by atoms with Crippen LogP contribution in [0.25, 0.3) is 0 Å². The van der Waals surface area contributed by atoms with E-state index < -0.39 is 12.0 Å². The number of aliphatic carboxylic acids is 1. The molecule has 1 heterocycles. The number of nitrogens with zero attached hydrogens (tertiary/aromatic N) is 1. The number of rotatable bonds is 4. The minimum absolute atomic E-state index is 0.221. The number of carbonyl (C=O) groups is 1. The van der Waals surface area contributed by atoms with Gasteiger partial charge in [0.15, 0.2) is 0 Å². The van der Waals surface area contributed by atoms with Gasteiger partial charge in [-0.2, -0.15) is 0 Å². The lowest BCUT2D eigenvalue weighted by Gasteiger charge is -2.32. The highest BCUT2D eigenvalue weighted by Gasteiger charge is 2.29. The minimum atomic E-state index is -0.862. The van der Waals surface area contributed by atoms with Crippen LogP contribution in [-0.4, -0.2) is 48.9 Å². The lowest BCUT2D eigenvalue weighted by atomic mass is 10.1. The van der Waals surface area contributed by atoms with Crippen LogP contribution >= 0.6 is 11.6 Å². The first-order chi connectivity index (χ1) is 9.11. The van der Waals surface area contributed by atoms with Gasteiger partial charge < -0.3 is 14.6 Å². The molecule has 1 N–H and O–H groups in total. The van der Waals surface area contributed by atoms with E-state index in [-0.39, 0.29) is 6.61 Å². The minimum Gasteiger partial charge on any atom is -0.495 e. The molecule has 2 rings (SSSR count). The molecule has 1 fully saturated rings. The molecule has 104 valence electrons. The summed E-state index contributed by atoms with van der Waals surface area (Å²) >= 11 is 6.06. The topological polar surface area (TPSA) is 59.0 Å². The van der Waals surface area contributed by atoms with Crippen LogP contribution < -0.4 is 4.74 Å². The maximum atomic E-state index is 11.2. The molecule has 0 saturated carbocycles. The third-order valence-corrected chi connectivity index (χ3v) is 3.42. The van der Waals surface area contributed by atoms with Gasteiger partial charge in [-0.1, -0.05) is 17.7 Å². The summed E-state index contributed by atoms with van der Waals surface area (Å²) in [7, 11) is 1.56. The largest absolute Gasteiger partial charge is 0.495 e. The van der Waals surface area contributed by atoms with E-state index in [2.05, 4.69) is 0 Å². The summed E-state index contributed by atoms with van der Waals surface area (Å²) in [5.74, 6) is -0.249. The van der Waals surface area contributed by atoms with Crippen LogP contribution in [0.5, 0.6) is 5.75 Å². The summed E-state index contributed by atoms with van der Waals surface area (Å²) in [5, 5.41) is 9.68. The molecule has 0 aliphatic carbocycles. The highest BCUT2D eigenvalue weighted by molar-refractivity contribution is 6.32. The molecule has 1 unspecified atom stereocenters. The van der Waals surface area contributed by atoms with E-state index in [0.29, 0.717) is 30.5 Å². The fourth-order valence-corrected chi connectivity index (χ4v) is 2.38. The summed E-state index contributed by atoms with van der Waals surface area (Å²) in [6, 6.07) is 4.87. The summed E-state index contributed by atoms with van der Waals surface area (Å²) in [4.78, 5) is 13.0. The molecule has 1 atom stereocenters. The molecule has 0 bridgehead atoms. The van der Waals surface area contributed by atoms with E-state index in [4.69, 9.17) is 26.2 Å². The van der Waals surface area contributed by atoms with E-state index in [1.165, 1.54) is 0 Å². The monoisotopic (exact) mass is 285 g/mol. The van der Waals surface area contributed by atoms with Crippen LogP contribution in [0.2, 0.25) is 5.02 Å². The number of ether oxygens (including phenoxy) is 2. The number of hydrogen-bond acceptors (Lipinski definition) is 4. The van der Waals surface area contributed by atoms with E-state index in [1.807, 2.05) is 11.0 Å². The van der Waals surface area contributed by atoms with Crippen molar-refractivity contribution in [2.45, 2.75) is 12.6 Å². The van der Waals surface area contributed by atoms with Crippen LogP contribution in [0.1, 0.15) is 5.56 Å². The van der Waals surface area contributed by atoms with Crippen molar-refractivity contribution in [2.75, 3.05) is 26.9 Å². The normalized spacial score (nSPS) is 20.2. The van der Waals surface area contributed by atoms with Crippen molar-refractivity contribution in [3.8, 4) is 5.75 Å². The molecule has 1 aliphatic rings. The second-order valence-electron chi connectivity index (χ2n) is 4.37. The van der Waals surface area contributed by atoms with Crippen LogP contribution in [0, 0.1) is 0 Å². The van der Waals surface area contributed by atoms with Gasteiger partial charge in [-0.3, -0.25) is 9.69 Å². The van der Waals surface area contributed by atoms with Gasteiger partial charge in [0.1, 0.15) is 11.8 Å². The molecule has 0 aromatic heterocycles. The molecule has 0 radical (unpaired) electrons. The molecule has 0 amide bonds. The Morgan fingerprint density at radius 2 is 2.42 bits per heavy atom. The predicted molar refractivity (Wildman–Crippen MR) is 70.7 cm³/mol. The fourth-order valence-electron chi connectivity index (χ4n) is 2.10. The van der Waals surface area contributed by atoms with Gasteiger partial charge in [0.05, 0.1) is 25.3 Å². The SMILES string of the molecule is COc1ccc(CN2CCOCC2C(=O)O)cc1Cl. The Hall–Kier alpha value is -1.30. The molecule has 19 heavy (non-hydrogen) atoms. The standard InChI is InChI=1S/C13H16ClNO4/c1-18-12-3-2-9(6-10(12)14)7-15-4-5-19-8-11(15)13(16)17/h2-3,6,11H,4-5,7-8H2,1H3,(H,16,17). The number of methoxy groups -OCH3 is 1. The Kier molecular flexibility index (Phi) is 4.63. The number of carboxylic acid groups (broad SMARTS) is 1. The Balaban J connectivity index is 2.10. The van der Waals surface area contributed by atoms with Crippen molar-refractivity contribution in [1.29, 1.82) is 0 Å². The molecule has 1 saturated heterocycles. The number of carboxylic acids is 1. The molecule has 5 nitrogen and oxygen atoms in total. The van der Waals surface area contributed by atoms with E-state index in [0.717, 1.165) is 5.56 Å². The van der Waals surface area contributed by atoms with Gasteiger partial charge in [-0.25, -0.2) is 0 Å². The second-order valence-corrected chi connectivity index (χ2v) is 4.78. The number of morpholine rings is 1. The van der Waals surface area contributed by atoms with Crippen molar-refractivity contribution >= 4 is 17.6 Å². The van der Waals surface area contributed by atoms with Gasteiger partial charge in [-0.15, -0.1) is 0 Å². The average molecular weight is 286 g/mol. The quantitative estimate of drug-likeness (QED) is 0.911. The second kappa shape index (κ2) is 6.23. The maximum absolute atomic E-state index is 11.2. The Labute approximate surface area is 116 Å². The molecule has 1 aromatic rings. The summed E-state index contributed by atoms with van der Waals surface area (Å²) in [5.41, 5.74) is 0.957. The third kappa shape index (κ3) is 3.37. The first kappa shape index (κ1) is 14.1. The van der Waals surface area contributed by atoms with Gasteiger partial charge in [0, 0.05) is 13.1 Å². The molecular weight excluding hydrogens is 270 g/mol. The van der Waals surface area contributed by atoms with Gasteiger partial charge >= 0.3 is 5.97 Å². The van der Waals surface area contributed by atoms with Crippen molar-refractivity contribution in [3.63, 3.8) is 0 Å². The zero-order valence-corrected chi connectivity index (χ0v) is 11.4. The Morgan fingerprint density at radius 1 is 1.63 bits per heavy atom. The molecule has 1 aromatic carbocycles. The molecule has 0 spiro atoms. The smallest absolute Gasteiger partial charge is 0.323 e. The van der Waals surface area contributed by atoms with Crippen molar-refractivity contribution in [1.82, 2.24) is 4.90 Å². The third-order valence-electron chi connectivity index (χ3n) is 3.13. The van der Waals surface area contributed by atoms with E-state index >= 15 is 0 Å². The Morgan fingerprint density at radius 3 is 3.05 bits per heavy atom. The fraction of sp³-hybridized carbons (Fsp3) is 0.462. The van der Waals surface area contributed by atoms with Crippen molar-refractivity contribution in [3.05, 3.63) is 28.8 Å². The number of benzene rings is 1. The molecular formula is C13H16ClNO4. The first-order valence-electron chi connectivity index (χ1n) is 5.99. The van der Waals surface area contributed by atoms with Crippen LogP contribution in [0.15, 0.2) is 18.2 Å². The van der Waals surface area contributed by atoms with Gasteiger partial charge in [-0.05, 0) is 17.7 Å². The highest BCUT2D eigenvalue weighted by atomic mass is 35.5. The van der Waals surface area contributed by atoms with Gasteiger partial charge in [0.25, 0.3) is 0 Å². The van der Waals surface area contributed by atoms with Gasteiger partial charge in [0.2, 0.25) is 0 Å². The van der Waals surface area contributed by atoms with Crippen LogP contribution in [0.3, 0.4) is 0 Å². The number of hydrogen-bond donors (Lipinski definition) is 1. The first-order valence-corrected chi connectivity index (χ1v) is 6.36. The summed E-state index contributed by atoms with van der Waals surface area (Å²) in [6.45, 7) is 1.90. The van der Waals surface area contributed by atoms with Crippen LogP contribution in [-0.2, 0) is 16.1 Å². The summed E-state index contributed by atoms with van der Waals surface area (Å²) in [6.07, 6.45) is 0. The van der Waals surface area contributed by atoms with Crippen molar-refractivity contribution < 1.29 is 19.4 Å². The zero-order chi connectivity index (χ0) is 13.8. The molecule has 6 heteroatoms. The summed E-state index contributed by atoms with van der Waals surface area (Å²) < 4.78 is 10.3. The van der Waals surface area contributed by atoms with Crippen molar-refractivity contribution in [2.24, 2.45) is 0 Å². The molecule has 1 aliphatic heterocycles. The highest BCUT2D eigenvalue weighted by Crippen LogP contribution is 2.26. The maximum Gasteiger partial charge on any atom is 0.323 e. The lowest BCUT2D eigenvalue weighted by molar-refractivity contribution is -0.150. The predicted octanol–water partition coefficient (Wildman–Crippen LogP) is 1.63. The van der Waals surface area contributed by atoms with Crippen LogP contribution in [0.4, 0.5) is 0 Å².